The Morgan fingerprint density at radius 2 is 0.389 bits per heavy atom. The fourth-order valence-corrected chi connectivity index (χ4v) is 15.0. The lowest BCUT2D eigenvalue weighted by Gasteiger charge is -2.34. The van der Waals surface area contributed by atoms with Crippen molar-refractivity contribution in [2.45, 2.75) is 263 Å². The summed E-state index contributed by atoms with van der Waals surface area (Å²) in [4.78, 5) is 0. The van der Waals surface area contributed by atoms with Gasteiger partial charge in [0.1, 0.15) is 0 Å². The smallest absolute Gasteiger partial charge is 0.00141 e. The quantitative estimate of drug-likeness (QED) is 0.0535. The van der Waals surface area contributed by atoms with Gasteiger partial charge in [0.2, 0.25) is 0 Å². The van der Waals surface area contributed by atoms with Crippen LogP contribution in [-0.4, -0.2) is 0 Å². The Hall–Kier alpha value is -4.16. The van der Waals surface area contributed by atoms with Gasteiger partial charge in [-0.2, -0.15) is 0 Å². The first-order valence-electron chi connectivity index (χ1n) is 30.8. The van der Waals surface area contributed by atoms with Gasteiger partial charge in [0.15, 0.2) is 0 Å². The maximum absolute atomic E-state index is 2.68. The summed E-state index contributed by atoms with van der Waals surface area (Å²) in [5.74, 6) is 0. The second-order valence-electron chi connectivity index (χ2n) is 22.8. The van der Waals surface area contributed by atoms with Crippen molar-refractivity contribution in [3.63, 3.8) is 0 Å². The molecule has 2 aliphatic carbocycles. The van der Waals surface area contributed by atoms with Crippen LogP contribution in [-0.2, 0) is 103 Å². The molecule has 0 saturated carbocycles. The van der Waals surface area contributed by atoms with Crippen molar-refractivity contribution in [3.8, 4) is 11.1 Å². The summed E-state index contributed by atoms with van der Waals surface area (Å²) in [5, 5.41) is 6.16. The van der Waals surface area contributed by atoms with E-state index >= 15 is 0 Å². The molecule has 386 valence electrons. The summed E-state index contributed by atoms with van der Waals surface area (Å²) in [6, 6.07) is 15.6. The number of hydrogen-bond donors (Lipinski definition) is 0. The first-order valence-corrected chi connectivity index (χ1v) is 30.8. The van der Waals surface area contributed by atoms with Crippen LogP contribution in [0.1, 0.15) is 271 Å². The first kappa shape index (κ1) is 54.1. The predicted molar refractivity (Wildman–Crippen MR) is 319 cm³/mol. The third kappa shape index (κ3) is 10.1. The fraction of sp³-hybridized carbons (Fsp3) is 0.556. The second-order valence-corrected chi connectivity index (χ2v) is 22.8. The lowest BCUT2D eigenvalue weighted by molar-refractivity contribution is 0.767. The van der Waals surface area contributed by atoms with Crippen LogP contribution in [0, 0.1) is 0 Å². The van der Waals surface area contributed by atoms with Gasteiger partial charge in [-0.25, -0.2) is 0 Å². The number of fused-ring (bicyclic) bond motifs is 6. The highest BCUT2D eigenvalue weighted by molar-refractivity contribution is 5.98. The minimum Gasteiger partial charge on any atom is -0.0651 e. The van der Waals surface area contributed by atoms with Gasteiger partial charge in [-0.05, 0) is 259 Å². The van der Waals surface area contributed by atoms with E-state index in [1.807, 2.05) is 0 Å². The highest BCUT2D eigenvalue weighted by atomic mass is 14.4. The third-order valence-electron chi connectivity index (χ3n) is 17.6. The van der Waals surface area contributed by atoms with E-state index < -0.39 is 0 Å². The molecule has 0 aliphatic heterocycles. The van der Waals surface area contributed by atoms with Crippen molar-refractivity contribution >= 4 is 21.5 Å². The summed E-state index contributed by atoms with van der Waals surface area (Å²) in [6.07, 6.45) is 33.5. The molecule has 2 aliphatic rings. The van der Waals surface area contributed by atoms with Gasteiger partial charge in [-0.3, -0.25) is 0 Å². The van der Waals surface area contributed by atoms with E-state index in [0.717, 1.165) is 51.4 Å². The Balaban J connectivity index is 1.34. The van der Waals surface area contributed by atoms with Crippen molar-refractivity contribution in [1.29, 1.82) is 0 Å². The topological polar surface area (TPSA) is 0 Å². The fourth-order valence-electron chi connectivity index (χ4n) is 15.0. The lowest BCUT2D eigenvalue weighted by Crippen LogP contribution is -2.21. The molecule has 6 aromatic rings. The van der Waals surface area contributed by atoms with Crippen LogP contribution < -0.4 is 0 Å². The summed E-state index contributed by atoms with van der Waals surface area (Å²) < 4.78 is 0. The zero-order valence-electron chi connectivity index (χ0n) is 48.3. The minimum atomic E-state index is 1.12. The van der Waals surface area contributed by atoms with E-state index in [0.29, 0.717) is 0 Å². The third-order valence-corrected chi connectivity index (χ3v) is 17.6. The molecule has 0 unspecified atom stereocenters. The van der Waals surface area contributed by atoms with Crippen molar-refractivity contribution in [2.75, 3.05) is 0 Å². The summed E-state index contributed by atoms with van der Waals surface area (Å²) in [7, 11) is 0. The Kier molecular flexibility index (Phi) is 18.7. The van der Waals surface area contributed by atoms with Gasteiger partial charge in [-0.1, -0.05) is 184 Å². The molecule has 0 aromatic heterocycles. The molecule has 8 rings (SSSR count). The van der Waals surface area contributed by atoms with E-state index in [9.17, 15) is 0 Å². The van der Waals surface area contributed by atoms with Crippen molar-refractivity contribution in [3.05, 3.63) is 148 Å². The number of rotatable bonds is 25. The highest BCUT2D eigenvalue weighted by Gasteiger charge is 2.32. The van der Waals surface area contributed by atoms with E-state index in [4.69, 9.17) is 0 Å². The molecular formula is C72H98. The molecule has 0 bridgehead atoms. The monoisotopic (exact) mass is 963 g/mol. The lowest BCUT2D eigenvalue weighted by atomic mass is 9.70. The molecule has 0 N–H and O–H groups in total. The molecule has 0 heteroatoms. The molecule has 0 atom stereocenters. The van der Waals surface area contributed by atoms with Crippen LogP contribution in [0.2, 0.25) is 0 Å². The van der Waals surface area contributed by atoms with Crippen LogP contribution in [0.15, 0.2) is 36.4 Å². The van der Waals surface area contributed by atoms with Crippen LogP contribution in [0.5, 0.6) is 0 Å². The Labute approximate surface area is 441 Å². The van der Waals surface area contributed by atoms with Crippen LogP contribution >= 0.6 is 0 Å². The van der Waals surface area contributed by atoms with Crippen LogP contribution in [0.25, 0.3) is 32.7 Å². The summed E-state index contributed by atoms with van der Waals surface area (Å²) in [6.45, 7) is 29.0. The van der Waals surface area contributed by atoms with Gasteiger partial charge in [0.25, 0.3) is 0 Å². The van der Waals surface area contributed by atoms with Gasteiger partial charge < -0.3 is 0 Å². The number of aryl methyl sites for hydroxylation is 4. The van der Waals surface area contributed by atoms with Gasteiger partial charge >= 0.3 is 0 Å². The van der Waals surface area contributed by atoms with Gasteiger partial charge in [0.05, 0.1) is 0 Å². The number of hydrogen-bond acceptors (Lipinski definition) is 0. The van der Waals surface area contributed by atoms with E-state index in [1.54, 1.807) is 122 Å². The largest absolute Gasteiger partial charge is 0.0651 e. The Morgan fingerprint density at radius 3 is 0.611 bits per heavy atom. The average Bonchev–Trinajstić information content (AvgIpc) is 3.39. The predicted octanol–water partition coefficient (Wildman–Crippen LogP) is 20.1. The molecule has 0 radical (unpaired) electrons. The second kappa shape index (κ2) is 24.9. The molecule has 0 saturated heterocycles. The molecule has 6 aromatic carbocycles. The normalized spacial score (nSPS) is 13.0. The van der Waals surface area contributed by atoms with Gasteiger partial charge in [0, 0.05) is 0 Å². The molecule has 0 nitrogen and oxygen atoms in total. The van der Waals surface area contributed by atoms with Crippen LogP contribution in [0.4, 0.5) is 0 Å². The van der Waals surface area contributed by atoms with E-state index in [2.05, 4.69) is 119 Å². The molecule has 72 heavy (non-hydrogen) atoms. The van der Waals surface area contributed by atoms with E-state index in [1.165, 1.54) is 150 Å². The van der Waals surface area contributed by atoms with Crippen molar-refractivity contribution < 1.29 is 0 Å². The highest BCUT2D eigenvalue weighted by Crippen LogP contribution is 2.47. The summed E-state index contributed by atoms with van der Waals surface area (Å²) >= 11 is 0. The molecule has 0 spiro atoms. The zero-order valence-corrected chi connectivity index (χ0v) is 48.3. The maximum atomic E-state index is 2.68. The van der Waals surface area contributed by atoms with E-state index in [-0.39, 0.29) is 0 Å². The van der Waals surface area contributed by atoms with Crippen LogP contribution in [0.3, 0.4) is 0 Å². The van der Waals surface area contributed by atoms with Gasteiger partial charge in [-0.15, -0.1) is 0 Å². The zero-order chi connectivity index (χ0) is 51.1. The SMILES string of the molecule is CCCc1c(CCC)c(CCC)c2c(c1CCC)Cc1c(c(CCC)c3cc(-c4ccc5c(CCC)c6c(c(CCC)c5c4)Cc4c(CCC)c(CCC)c(CCC)c(CCC)c4C6)ccc3c1CCC)C2. The molecular weight excluding hydrogens is 865 g/mol. The summed E-state index contributed by atoms with van der Waals surface area (Å²) in [5.41, 5.74) is 37.2. The van der Waals surface area contributed by atoms with Crippen molar-refractivity contribution in [2.24, 2.45) is 0 Å². The molecule has 0 fully saturated rings. The van der Waals surface area contributed by atoms with Crippen molar-refractivity contribution in [1.82, 2.24) is 0 Å². The molecule has 0 amide bonds. The Morgan fingerprint density at radius 1 is 0.208 bits per heavy atom. The number of benzene rings is 6. The standard InChI is InChI=1S/C72H98/c1-13-25-49-51(27-15-3)55(31-19-7)67-45-71-59(35-23-11)63-41-47(37-39-61(63)57(33-21-9)69(71)43-65(67)53(49)29-17-5)48-38-40-62-58(34-22-10)70-44-66-54(30-18-6)50(26-14-2)52(28-16-4)56(32-20-8)68(66)46-72(70)60(36-24-12)64(62)42-48/h37-42H,13-36,43-46H2,1-12H3. The molecule has 0 heterocycles. The average molecular weight is 964 g/mol. The minimum absolute atomic E-state index is 1.12. The Bertz CT molecular complexity index is 2680. The maximum Gasteiger partial charge on any atom is -0.00141 e. The first-order chi connectivity index (χ1) is 35.2.